The third-order valence-electron chi connectivity index (χ3n) is 2.95. The number of carbonyl (C=O) groups is 1. The van der Waals surface area contributed by atoms with Crippen molar-refractivity contribution in [1.82, 2.24) is 10.2 Å². The maximum atomic E-state index is 10.6. The van der Waals surface area contributed by atoms with Gasteiger partial charge in [0.15, 0.2) is 6.29 Å². The maximum absolute atomic E-state index is 10.6. The predicted molar refractivity (Wildman–Crippen MR) is 73.5 cm³/mol. The molecule has 0 N–H and O–H groups in total. The lowest BCUT2D eigenvalue weighted by atomic mass is 9.98. The molecule has 1 aromatic heterocycles. The summed E-state index contributed by atoms with van der Waals surface area (Å²) in [6.07, 6.45) is 0.685. The summed E-state index contributed by atoms with van der Waals surface area (Å²) in [6, 6.07) is 9.38. The Balaban J connectivity index is 2.44. The molecule has 0 radical (unpaired) electrons. The zero-order valence-electron chi connectivity index (χ0n) is 11.3. The molecule has 0 saturated carbocycles. The summed E-state index contributed by atoms with van der Waals surface area (Å²) in [5, 5.41) is 7.90. The van der Waals surface area contributed by atoms with E-state index in [0.717, 1.165) is 22.6 Å². The minimum Gasteiger partial charge on any atom is -0.496 e. The first-order valence-corrected chi connectivity index (χ1v) is 6.13. The van der Waals surface area contributed by atoms with Gasteiger partial charge in [0.1, 0.15) is 11.4 Å². The van der Waals surface area contributed by atoms with Crippen molar-refractivity contribution in [3.05, 3.63) is 41.6 Å². The molecule has 2 rings (SSSR count). The Morgan fingerprint density at radius 3 is 2.47 bits per heavy atom. The smallest absolute Gasteiger partial charge is 0.170 e. The number of methoxy groups -OCH3 is 1. The molecule has 0 saturated heterocycles. The Morgan fingerprint density at radius 2 is 1.95 bits per heavy atom. The molecule has 0 aliphatic heterocycles. The van der Waals surface area contributed by atoms with Gasteiger partial charge >= 0.3 is 0 Å². The average Bonchev–Trinajstić information content (AvgIpc) is 2.46. The maximum Gasteiger partial charge on any atom is 0.170 e. The number of benzene rings is 1. The number of nitrogens with zero attached hydrogens (tertiary/aromatic N) is 2. The molecule has 98 valence electrons. The Labute approximate surface area is 112 Å². The summed E-state index contributed by atoms with van der Waals surface area (Å²) < 4.78 is 5.35. The van der Waals surface area contributed by atoms with Gasteiger partial charge < -0.3 is 4.74 Å². The van der Waals surface area contributed by atoms with E-state index in [1.807, 2.05) is 18.2 Å². The largest absolute Gasteiger partial charge is 0.496 e. The van der Waals surface area contributed by atoms with E-state index in [-0.39, 0.29) is 0 Å². The number of rotatable bonds is 4. The first kappa shape index (κ1) is 13.2. The van der Waals surface area contributed by atoms with E-state index in [1.54, 1.807) is 19.2 Å². The van der Waals surface area contributed by atoms with Crippen LogP contribution in [-0.2, 0) is 0 Å². The first-order chi connectivity index (χ1) is 9.15. The fraction of sp³-hybridized carbons (Fsp3) is 0.267. The molecular weight excluding hydrogens is 240 g/mol. The first-order valence-electron chi connectivity index (χ1n) is 6.13. The number of ether oxygens (including phenoxy) is 1. The van der Waals surface area contributed by atoms with Crippen molar-refractivity contribution in [3.8, 4) is 17.0 Å². The van der Waals surface area contributed by atoms with Gasteiger partial charge in [0.05, 0.1) is 12.8 Å². The molecule has 0 atom stereocenters. The van der Waals surface area contributed by atoms with Crippen molar-refractivity contribution in [2.24, 2.45) is 0 Å². The van der Waals surface area contributed by atoms with Crippen LogP contribution in [0.4, 0.5) is 0 Å². The molecule has 0 bridgehead atoms. The third kappa shape index (κ3) is 2.78. The van der Waals surface area contributed by atoms with E-state index in [2.05, 4.69) is 24.0 Å². The zero-order valence-corrected chi connectivity index (χ0v) is 11.3. The summed E-state index contributed by atoms with van der Waals surface area (Å²) in [5.74, 6) is 1.23. The van der Waals surface area contributed by atoms with Crippen LogP contribution in [0.15, 0.2) is 30.3 Å². The second-order valence-corrected chi connectivity index (χ2v) is 4.57. The van der Waals surface area contributed by atoms with Crippen LogP contribution < -0.4 is 4.74 Å². The Morgan fingerprint density at radius 1 is 1.16 bits per heavy atom. The summed E-state index contributed by atoms with van der Waals surface area (Å²) in [7, 11) is 1.67. The van der Waals surface area contributed by atoms with Gasteiger partial charge in [0, 0.05) is 5.56 Å². The van der Waals surface area contributed by atoms with Crippen molar-refractivity contribution in [1.29, 1.82) is 0 Å². The Bertz CT molecular complexity index is 577. The van der Waals surface area contributed by atoms with E-state index in [0.29, 0.717) is 17.9 Å². The van der Waals surface area contributed by atoms with Gasteiger partial charge in [-0.25, -0.2) is 0 Å². The summed E-state index contributed by atoms with van der Waals surface area (Å²) in [5.41, 5.74) is 3.17. The SMILES string of the molecule is COc1ccc(-c2ccc(C=O)nn2)cc1C(C)C. The van der Waals surface area contributed by atoms with Crippen LogP contribution in [0.5, 0.6) is 5.75 Å². The second-order valence-electron chi connectivity index (χ2n) is 4.57. The van der Waals surface area contributed by atoms with Gasteiger partial charge in [-0.1, -0.05) is 13.8 Å². The number of aldehydes is 1. The lowest BCUT2D eigenvalue weighted by molar-refractivity contribution is 0.111. The van der Waals surface area contributed by atoms with Crippen molar-refractivity contribution in [2.75, 3.05) is 7.11 Å². The normalized spacial score (nSPS) is 10.5. The highest BCUT2D eigenvalue weighted by molar-refractivity contribution is 5.72. The molecule has 19 heavy (non-hydrogen) atoms. The molecule has 0 aliphatic carbocycles. The molecule has 0 fully saturated rings. The molecule has 2 aromatic rings. The number of aromatic nitrogens is 2. The van der Waals surface area contributed by atoms with Gasteiger partial charge in [-0.05, 0) is 41.8 Å². The summed E-state index contributed by atoms with van der Waals surface area (Å²) in [4.78, 5) is 10.6. The van der Waals surface area contributed by atoms with E-state index in [9.17, 15) is 4.79 Å². The zero-order chi connectivity index (χ0) is 13.8. The van der Waals surface area contributed by atoms with E-state index in [4.69, 9.17) is 4.74 Å². The fourth-order valence-electron chi connectivity index (χ4n) is 1.90. The van der Waals surface area contributed by atoms with Crippen LogP contribution in [0.25, 0.3) is 11.3 Å². The van der Waals surface area contributed by atoms with Crippen LogP contribution in [0.2, 0.25) is 0 Å². The topological polar surface area (TPSA) is 52.1 Å². The lowest BCUT2D eigenvalue weighted by Gasteiger charge is -2.13. The highest BCUT2D eigenvalue weighted by Crippen LogP contribution is 2.30. The highest BCUT2D eigenvalue weighted by Gasteiger charge is 2.10. The molecular formula is C15H16N2O2. The van der Waals surface area contributed by atoms with Crippen LogP contribution in [-0.4, -0.2) is 23.6 Å². The molecule has 0 aliphatic rings. The van der Waals surface area contributed by atoms with Gasteiger partial charge in [0.2, 0.25) is 0 Å². The van der Waals surface area contributed by atoms with Gasteiger partial charge in [-0.3, -0.25) is 4.79 Å². The molecule has 0 unspecified atom stereocenters. The van der Waals surface area contributed by atoms with Crippen molar-refractivity contribution in [3.63, 3.8) is 0 Å². The minimum atomic E-state index is 0.335. The van der Waals surface area contributed by atoms with E-state index in [1.165, 1.54) is 0 Å². The standard InChI is InChI=1S/C15H16N2O2/c1-10(2)13-8-11(4-7-15(13)19-3)14-6-5-12(9-18)16-17-14/h4-10H,1-3H3. The predicted octanol–water partition coefficient (Wildman–Crippen LogP) is 3.09. The van der Waals surface area contributed by atoms with E-state index < -0.39 is 0 Å². The molecule has 0 spiro atoms. The van der Waals surface area contributed by atoms with Gasteiger partial charge in [0.25, 0.3) is 0 Å². The number of carbonyl (C=O) groups excluding carboxylic acids is 1. The number of hydrogen-bond acceptors (Lipinski definition) is 4. The third-order valence-corrected chi connectivity index (χ3v) is 2.95. The average molecular weight is 256 g/mol. The summed E-state index contributed by atoms with van der Waals surface area (Å²) in [6.45, 7) is 4.23. The van der Waals surface area contributed by atoms with E-state index >= 15 is 0 Å². The lowest BCUT2D eigenvalue weighted by Crippen LogP contribution is -1.97. The molecule has 4 heteroatoms. The second kappa shape index (κ2) is 5.61. The monoisotopic (exact) mass is 256 g/mol. The molecule has 1 heterocycles. The van der Waals surface area contributed by atoms with Crippen LogP contribution in [0, 0.1) is 0 Å². The fourth-order valence-corrected chi connectivity index (χ4v) is 1.90. The minimum absolute atomic E-state index is 0.335. The van der Waals surface area contributed by atoms with Crippen LogP contribution in [0.1, 0.15) is 35.8 Å². The Hall–Kier alpha value is -2.23. The quantitative estimate of drug-likeness (QED) is 0.789. The molecule has 1 aromatic carbocycles. The highest BCUT2D eigenvalue weighted by atomic mass is 16.5. The summed E-state index contributed by atoms with van der Waals surface area (Å²) >= 11 is 0. The van der Waals surface area contributed by atoms with Crippen molar-refractivity contribution >= 4 is 6.29 Å². The number of hydrogen-bond donors (Lipinski definition) is 0. The van der Waals surface area contributed by atoms with Gasteiger partial charge in [-0.2, -0.15) is 0 Å². The van der Waals surface area contributed by atoms with Crippen molar-refractivity contribution < 1.29 is 9.53 Å². The van der Waals surface area contributed by atoms with Gasteiger partial charge in [-0.15, -0.1) is 10.2 Å². The molecule has 4 nitrogen and oxygen atoms in total. The molecule has 0 amide bonds. The van der Waals surface area contributed by atoms with Crippen LogP contribution in [0.3, 0.4) is 0 Å². The Kier molecular flexibility index (Phi) is 3.90. The van der Waals surface area contributed by atoms with Crippen molar-refractivity contribution in [2.45, 2.75) is 19.8 Å². The van der Waals surface area contributed by atoms with Crippen LogP contribution >= 0.6 is 0 Å².